The smallest absolute Gasteiger partial charge is 0.271 e. The second-order valence-corrected chi connectivity index (χ2v) is 4.92. The summed E-state index contributed by atoms with van der Waals surface area (Å²) in [6.07, 6.45) is 2.98. The molecule has 3 aromatic rings. The van der Waals surface area contributed by atoms with Gasteiger partial charge in [0, 0.05) is 0 Å². The van der Waals surface area contributed by atoms with Gasteiger partial charge in [0.2, 0.25) is 0 Å². The van der Waals surface area contributed by atoms with Crippen LogP contribution in [0.3, 0.4) is 0 Å². The molecule has 0 aliphatic rings. The molecule has 0 saturated heterocycles. The Hall–Kier alpha value is -2.48. The first-order valence-electron chi connectivity index (χ1n) is 5.42. The Bertz CT molecular complexity index is 790. The maximum absolute atomic E-state index is 11.2. The van der Waals surface area contributed by atoms with Crippen molar-refractivity contribution in [3.63, 3.8) is 0 Å². The van der Waals surface area contributed by atoms with E-state index in [0.717, 1.165) is 15.8 Å². The number of carbonyl (C=O) groups excluding carboxylic acids is 1. The van der Waals surface area contributed by atoms with Crippen molar-refractivity contribution in [1.29, 1.82) is 0 Å². The highest BCUT2D eigenvalue weighted by Crippen LogP contribution is 2.27. The second-order valence-electron chi connectivity index (χ2n) is 4.04. The predicted octanol–water partition coefficient (Wildman–Crippen LogP) is 0.867. The van der Waals surface area contributed by atoms with Gasteiger partial charge < -0.3 is 11.5 Å². The number of nitrogens with two attached hydrogens (primary N) is 2. The average molecular weight is 274 g/mol. The monoisotopic (exact) mass is 274 g/mol. The number of hydrogen-bond donors (Lipinski definition) is 2. The van der Waals surface area contributed by atoms with Gasteiger partial charge in [-0.25, -0.2) is 14.6 Å². The number of fused-ring (bicyclic) bond motifs is 1. The summed E-state index contributed by atoms with van der Waals surface area (Å²) in [6, 6.07) is 0. The summed E-state index contributed by atoms with van der Waals surface area (Å²) in [6.45, 7) is 1.97. The fourth-order valence-electron chi connectivity index (χ4n) is 1.81. The SMILES string of the molecule is Cc1csc2c(-n3cc(N)c(C(N)=O)n3)ncnc12. The zero-order chi connectivity index (χ0) is 13.6. The Morgan fingerprint density at radius 2 is 2.21 bits per heavy atom. The zero-order valence-corrected chi connectivity index (χ0v) is 10.8. The van der Waals surface area contributed by atoms with Crippen LogP contribution >= 0.6 is 11.3 Å². The number of nitrogens with zero attached hydrogens (tertiary/aromatic N) is 4. The van der Waals surface area contributed by atoms with E-state index < -0.39 is 5.91 Å². The molecule has 0 atom stereocenters. The number of carbonyl (C=O) groups is 1. The van der Waals surface area contributed by atoms with Crippen LogP contribution in [0.4, 0.5) is 5.69 Å². The maximum Gasteiger partial charge on any atom is 0.271 e. The van der Waals surface area contributed by atoms with Crippen LogP contribution < -0.4 is 11.5 Å². The van der Waals surface area contributed by atoms with Crippen molar-refractivity contribution < 1.29 is 4.79 Å². The van der Waals surface area contributed by atoms with E-state index in [9.17, 15) is 4.79 Å². The molecule has 0 fully saturated rings. The Morgan fingerprint density at radius 1 is 1.42 bits per heavy atom. The minimum atomic E-state index is -0.663. The molecule has 0 aromatic carbocycles. The van der Waals surface area contributed by atoms with Gasteiger partial charge in [0.05, 0.1) is 22.1 Å². The van der Waals surface area contributed by atoms with Crippen LogP contribution in [0, 0.1) is 6.92 Å². The highest BCUT2D eigenvalue weighted by Gasteiger charge is 2.16. The molecule has 1 amide bonds. The third-order valence-electron chi connectivity index (χ3n) is 2.71. The Kier molecular flexibility index (Phi) is 2.46. The van der Waals surface area contributed by atoms with Gasteiger partial charge in [0.1, 0.15) is 6.33 Å². The number of primary amides is 1. The number of anilines is 1. The number of nitrogen functional groups attached to an aromatic ring is 1. The van der Waals surface area contributed by atoms with Gasteiger partial charge in [-0.2, -0.15) is 5.10 Å². The Labute approximate surface area is 111 Å². The van der Waals surface area contributed by atoms with Crippen LogP contribution in [0.25, 0.3) is 16.0 Å². The summed E-state index contributed by atoms with van der Waals surface area (Å²) in [5, 5.41) is 6.06. The molecule has 0 aliphatic carbocycles. The van der Waals surface area contributed by atoms with Gasteiger partial charge in [0.25, 0.3) is 5.91 Å². The first-order chi connectivity index (χ1) is 9.08. The number of aromatic nitrogens is 4. The third kappa shape index (κ3) is 1.73. The van der Waals surface area contributed by atoms with Crippen LogP contribution in [0.5, 0.6) is 0 Å². The molecule has 8 heteroatoms. The molecule has 0 aliphatic heterocycles. The lowest BCUT2D eigenvalue weighted by atomic mass is 10.3. The van der Waals surface area contributed by atoms with Crippen LogP contribution in [0.2, 0.25) is 0 Å². The van der Waals surface area contributed by atoms with Crippen molar-refractivity contribution in [3.8, 4) is 5.82 Å². The lowest BCUT2D eigenvalue weighted by molar-refractivity contribution is 0.0996. The fraction of sp³-hybridized carbons (Fsp3) is 0.0909. The van der Waals surface area contributed by atoms with E-state index in [1.54, 1.807) is 0 Å². The van der Waals surface area contributed by atoms with Crippen LogP contribution in [-0.4, -0.2) is 25.7 Å². The molecule has 0 unspecified atom stereocenters. The van der Waals surface area contributed by atoms with Crippen molar-refractivity contribution >= 4 is 33.1 Å². The van der Waals surface area contributed by atoms with E-state index in [0.29, 0.717) is 5.82 Å². The third-order valence-corrected chi connectivity index (χ3v) is 3.79. The molecule has 96 valence electrons. The molecule has 7 nitrogen and oxygen atoms in total. The summed E-state index contributed by atoms with van der Waals surface area (Å²) in [7, 11) is 0. The second kappa shape index (κ2) is 4.02. The molecule has 19 heavy (non-hydrogen) atoms. The average Bonchev–Trinajstić information content (AvgIpc) is 2.94. The molecule has 3 heterocycles. The summed E-state index contributed by atoms with van der Waals surface area (Å²) in [5.41, 5.74) is 13.1. The molecule has 3 aromatic heterocycles. The van der Waals surface area contributed by atoms with E-state index in [-0.39, 0.29) is 11.4 Å². The van der Waals surface area contributed by atoms with E-state index in [2.05, 4.69) is 15.1 Å². The van der Waals surface area contributed by atoms with Crippen molar-refractivity contribution in [1.82, 2.24) is 19.7 Å². The first-order valence-corrected chi connectivity index (χ1v) is 6.30. The van der Waals surface area contributed by atoms with Crippen LogP contribution in [-0.2, 0) is 0 Å². The van der Waals surface area contributed by atoms with Gasteiger partial charge in [0.15, 0.2) is 11.5 Å². The van der Waals surface area contributed by atoms with Crippen LogP contribution in [0.1, 0.15) is 16.1 Å². The summed E-state index contributed by atoms with van der Waals surface area (Å²) >= 11 is 1.52. The summed E-state index contributed by atoms with van der Waals surface area (Å²) in [5.74, 6) is -0.0776. The minimum absolute atomic E-state index is 0.0417. The van der Waals surface area contributed by atoms with Gasteiger partial charge in [-0.05, 0) is 17.9 Å². The maximum atomic E-state index is 11.2. The quantitative estimate of drug-likeness (QED) is 0.719. The number of amides is 1. The molecule has 4 N–H and O–H groups in total. The van der Waals surface area contributed by atoms with Crippen molar-refractivity contribution in [2.24, 2.45) is 5.73 Å². The largest absolute Gasteiger partial charge is 0.396 e. The van der Waals surface area contributed by atoms with E-state index in [1.165, 1.54) is 28.5 Å². The van der Waals surface area contributed by atoms with E-state index in [1.807, 2.05) is 12.3 Å². The number of rotatable bonds is 2. The minimum Gasteiger partial charge on any atom is -0.396 e. The molecule has 3 rings (SSSR count). The van der Waals surface area contributed by atoms with Crippen molar-refractivity contribution in [2.45, 2.75) is 6.92 Å². The molecule has 0 bridgehead atoms. The molecular formula is C11H10N6OS. The van der Waals surface area contributed by atoms with Gasteiger partial charge in [-0.1, -0.05) is 0 Å². The molecule has 0 radical (unpaired) electrons. The van der Waals surface area contributed by atoms with Crippen molar-refractivity contribution in [2.75, 3.05) is 5.73 Å². The van der Waals surface area contributed by atoms with Crippen LogP contribution in [0.15, 0.2) is 17.9 Å². The zero-order valence-electron chi connectivity index (χ0n) is 9.99. The highest BCUT2D eigenvalue weighted by molar-refractivity contribution is 7.17. The number of aryl methyl sites for hydroxylation is 1. The highest BCUT2D eigenvalue weighted by atomic mass is 32.1. The molecule has 0 saturated carbocycles. The Morgan fingerprint density at radius 3 is 2.89 bits per heavy atom. The lowest BCUT2D eigenvalue weighted by Crippen LogP contribution is -2.14. The van der Waals surface area contributed by atoms with Gasteiger partial charge >= 0.3 is 0 Å². The normalized spacial score (nSPS) is 11.0. The Balaban J connectivity index is 2.24. The van der Waals surface area contributed by atoms with Gasteiger partial charge in [-0.15, -0.1) is 11.3 Å². The van der Waals surface area contributed by atoms with Crippen molar-refractivity contribution in [3.05, 3.63) is 29.2 Å². The molecule has 0 spiro atoms. The summed E-state index contributed by atoms with van der Waals surface area (Å²) in [4.78, 5) is 19.6. The summed E-state index contributed by atoms with van der Waals surface area (Å²) < 4.78 is 2.34. The van der Waals surface area contributed by atoms with E-state index >= 15 is 0 Å². The number of thiophene rings is 1. The fourth-order valence-corrected chi connectivity index (χ4v) is 2.79. The molecular weight excluding hydrogens is 264 g/mol. The first kappa shape index (κ1) is 11.6. The lowest BCUT2D eigenvalue weighted by Gasteiger charge is -2.00. The van der Waals surface area contributed by atoms with E-state index in [4.69, 9.17) is 11.5 Å². The standard InChI is InChI=1S/C11H10N6OS/c1-5-3-19-9-7(5)14-4-15-11(9)17-2-6(12)8(16-17)10(13)18/h2-4H,12H2,1H3,(H2,13,18). The predicted molar refractivity (Wildman–Crippen MR) is 72.2 cm³/mol. The number of hydrogen-bond acceptors (Lipinski definition) is 6. The topological polar surface area (TPSA) is 113 Å². The van der Waals surface area contributed by atoms with Gasteiger partial charge in [-0.3, -0.25) is 4.79 Å².